The Kier molecular flexibility index (Phi) is 7.48. The number of piperazine rings is 1. The van der Waals surface area contributed by atoms with Crippen molar-refractivity contribution in [1.29, 1.82) is 0 Å². The molecule has 7 nitrogen and oxygen atoms in total. The lowest BCUT2D eigenvalue weighted by molar-refractivity contribution is -0.120. The summed E-state index contributed by atoms with van der Waals surface area (Å²) in [5, 5.41) is 4.48. The van der Waals surface area contributed by atoms with Crippen LogP contribution >= 0.6 is 22.9 Å². The molecule has 1 saturated heterocycles. The van der Waals surface area contributed by atoms with E-state index in [-0.39, 0.29) is 23.0 Å². The molecule has 4 rings (SSSR count). The van der Waals surface area contributed by atoms with Gasteiger partial charge in [0.25, 0.3) is 0 Å². The summed E-state index contributed by atoms with van der Waals surface area (Å²) in [6.45, 7) is 4.54. The fraction of sp³-hybridized carbons (Fsp3) is 0.364. The van der Waals surface area contributed by atoms with Gasteiger partial charge in [0.1, 0.15) is 5.82 Å². The quantitative estimate of drug-likeness (QED) is 0.469. The van der Waals surface area contributed by atoms with Crippen LogP contribution < -0.4 is 10.2 Å². The second kappa shape index (κ2) is 10.3. The second-order valence-corrected chi connectivity index (χ2v) is 11.4. The maximum Gasteiger partial charge on any atom is 0.221 e. The van der Waals surface area contributed by atoms with Gasteiger partial charge in [0, 0.05) is 50.7 Å². The molecule has 2 aromatic carbocycles. The van der Waals surface area contributed by atoms with Gasteiger partial charge in [0.2, 0.25) is 5.91 Å². The molecule has 1 N–H and O–H groups in total. The van der Waals surface area contributed by atoms with Gasteiger partial charge in [-0.05, 0) is 42.5 Å². The molecule has 0 spiro atoms. The number of thiazole rings is 1. The lowest BCUT2D eigenvalue weighted by atomic mass is 10.3. The van der Waals surface area contributed by atoms with E-state index in [9.17, 15) is 17.6 Å². The summed E-state index contributed by atoms with van der Waals surface area (Å²) in [7, 11) is -3.62. The van der Waals surface area contributed by atoms with Gasteiger partial charge in [0.15, 0.2) is 15.0 Å². The molecule has 1 fully saturated rings. The molecule has 176 valence electrons. The topological polar surface area (TPSA) is 82.6 Å². The third kappa shape index (κ3) is 6.20. The summed E-state index contributed by atoms with van der Waals surface area (Å²) in [5.41, 5.74) is 0.950. The highest BCUT2D eigenvalue weighted by molar-refractivity contribution is 7.91. The number of carbonyl (C=O) groups excluding carboxylic acids is 1. The van der Waals surface area contributed by atoms with Crippen LogP contribution in [0.1, 0.15) is 6.42 Å². The van der Waals surface area contributed by atoms with Gasteiger partial charge in [-0.3, -0.25) is 9.69 Å². The number of amides is 1. The van der Waals surface area contributed by atoms with E-state index in [1.807, 2.05) is 18.2 Å². The predicted molar refractivity (Wildman–Crippen MR) is 129 cm³/mol. The molecule has 0 atom stereocenters. The zero-order valence-electron chi connectivity index (χ0n) is 17.8. The average Bonchev–Trinajstić information content (AvgIpc) is 3.22. The Morgan fingerprint density at radius 3 is 2.58 bits per heavy atom. The van der Waals surface area contributed by atoms with Crippen molar-refractivity contribution in [3.8, 4) is 0 Å². The molecule has 2 heterocycles. The summed E-state index contributed by atoms with van der Waals surface area (Å²) in [5.74, 6) is -1.12. The first-order valence-electron chi connectivity index (χ1n) is 10.6. The number of hydrogen-bond donors (Lipinski definition) is 1. The summed E-state index contributed by atoms with van der Waals surface area (Å²) in [6.07, 6.45) is -0.130. The van der Waals surface area contributed by atoms with Crippen molar-refractivity contribution < 1.29 is 17.6 Å². The molecule has 0 saturated carbocycles. The van der Waals surface area contributed by atoms with E-state index in [0.29, 0.717) is 18.1 Å². The number of nitrogens with zero attached hydrogens (tertiary/aromatic N) is 3. The molecule has 0 aliphatic carbocycles. The van der Waals surface area contributed by atoms with Gasteiger partial charge in [0.05, 0.1) is 20.9 Å². The van der Waals surface area contributed by atoms with Gasteiger partial charge < -0.3 is 10.2 Å². The standard InChI is InChI=1S/C22H24ClFN4O3S2/c23-16-1-6-19-20(15-16)32-22(26-19)28-12-10-27(11-13-28)9-8-25-21(29)7-14-33(30,31)18-4-2-17(24)3-5-18/h1-6,15H,7-14H2,(H,25,29). The number of benzene rings is 2. The third-order valence-electron chi connectivity index (χ3n) is 5.50. The largest absolute Gasteiger partial charge is 0.355 e. The molecule has 0 radical (unpaired) electrons. The van der Waals surface area contributed by atoms with Gasteiger partial charge >= 0.3 is 0 Å². The maximum atomic E-state index is 13.0. The summed E-state index contributed by atoms with van der Waals surface area (Å²) in [6, 6.07) is 10.3. The fourth-order valence-corrected chi connectivity index (χ4v) is 6.15. The normalized spacial score (nSPS) is 15.2. The SMILES string of the molecule is O=C(CCS(=O)(=O)c1ccc(F)cc1)NCCN1CCN(c2nc3ccc(Cl)cc3s2)CC1. The molecule has 11 heteroatoms. The van der Waals surface area contributed by atoms with Crippen molar-refractivity contribution in [2.24, 2.45) is 0 Å². The Morgan fingerprint density at radius 2 is 1.85 bits per heavy atom. The lowest BCUT2D eigenvalue weighted by Crippen LogP contribution is -2.48. The Hall–Kier alpha value is -2.27. The molecular weight excluding hydrogens is 487 g/mol. The highest BCUT2D eigenvalue weighted by Crippen LogP contribution is 2.31. The monoisotopic (exact) mass is 510 g/mol. The van der Waals surface area contributed by atoms with Crippen LogP contribution in [0.5, 0.6) is 0 Å². The van der Waals surface area contributed by atoms with Gasteiger partial charge in [-0.25, -0.2) is 17.8 Å². The molecule has 0 unspecified atom stereocenters. The maximum absolute atomic E-state index is 13.0. The number of halogens is 2. The lowest BCUT2D eigenvalue weighted by Gasteiger charge is -2.34. The summed E-state index contributed by atoms with van der Waals surface area (Å²) >= 11 is 7.70. The van der Waals surface area contributed by atoms with Crippen molar-refractivity contribution in [2.75, 3.05) is 49.9 Å². The first-order chi connectivity index (χ1) is 15.8. The molecule has 1 amide bonds. The van der Waals surface area contributed by atoms with E-state index in [4.69, 9.17) is 16.6 Å². The average molecular weight is 511 g/mol. The number of fused-ring (bicyclic) bond motifs is 1. The Labute approximate surface area is 201 Å². The van der Waals surface area contributed by atoms with Crippen molar-refractivity contribution in [3.63, 3.8) is 0 Å². The Morgan fingerprint density at radius 1 is 1.12 bits per heavy atom. The van der Waals surface area contributed by atoms with Crippen molar-refractivity contribution in [1.82, 2.24) is 15.2 Å². The van der Waals surface area contributed by atoms with Crippen LogP contribution in [0.2, 0.25) is 5.02 Å². The molecule has 1 aliphatic rings. The van der Waals surface area contributed by atoms with Crippen LogP contribution in [0.25, 0.3) is 10.2 Å². The zero-order valence-corrected chi connectivity index (χ0v) is 20.2. The minimum Gasteiger partial charge on any atom is -0.355 e. The van der Waals surface area contributed by atoms with Crippen LogP contribution in [0.3, 0.4) is 0 Å². The minimum absolute atomic E-state index is 0.0193. The number of anilines is 1. The van der Waals surface area contributed by atoms with Crippen LogP contribution in [-0.4, -0.2) is 69.2 Å². The van der Waals surface area contributed by atoms with Gasteiger partial charge in [-0.15, -0.1) is 0 Å². The summed E-state index contributed by atoms with van der Waals surface area (Å²) < 4.78 is 38.6. The number of rotatable bonds is 8. The van der Waals surface area contributed by atoms with E-state index in [1.54, 1.807) is 11.3 Å². The van der Waals surface area contributed by atoms with Crippen molar-refractivity contribution in [3.05, 3.63) is 53.3 Å². The third-order valence-corrected chi connectivity index (χ3v) is 8.55. The fourth-order valence-electron chi connectivity index (χ4n) is 3.61. The molecular formula is C22H24ClFN4O3S2. The van der Waals surface area contributed by atoms with Crippen LogP contribution in [0, 0.1) is 5.82 Å². The van der Waals surface area contributed by atoms with E-state index in [0.717, 1.165) is 53.7 Å². The smallest absolute Gasteiger partial charge is 0.221 e. The first-order valence-corrected chi connectivity index (χ1v) is 13.4. The van der Waals surface area contributed by atoms with Gasteiger partial charge in [-0.1, -0.05) is 22.9 Å². The van der Waals surface area contributed by atoms with Crippen LogP contribution in [-0.2, 0) is 14.6 Å². The minimum atomic E-state index is -3.62. The van der Waals surface area contributed by atoms with Crippen molar-refractivity contribution in [2.45, 2.75) is 11.3 Å². The number of carbonyl (C=O) groups is 1. The highest BCUT2D eigenvalue weighted by atomic mass is 35.5. The van der Waals surface area contributed by atoms with E-state index < -0.39 is 15.7 Å². The summed E-state index contributed by atoms with van der Waals surface area (Å²) in [4.78, 5) is 21.3. The number of sulfone groups is 1. The molecule has 0 bridgehead atoms. The predicted octanol–water partition coefficient (Wildman–Crippen LogP) is 3.19. The van der Waals surface area contributed by atoms with E-state index >= 15 is 0 Å². The number of aromatic nitrogens is 1. The first kappa shape index (κ1) is 23.9. The zero-order chi connectivity index (χ0) is 23.4. The Balaban J connectivity index is 1.17. The van der Waals surface area contributed by atoms with Crippen molar-refractivity contribution >= 4 is 54.0 Å². The van der Waals surface area contributed by atoms with E-state index in [2.05, 4.69) is 15.1 Å². The molecule has 1 aromatic heterocycles. The number of hydrogen-bond acceptors (Lipinski definition) is 7. The second-order valence-electron chi connectivity index (χ2n) is 7.81. The number of nitrogens with one attached hydrogen (secondary N) is 1. The van der Waals surface area contributed by atoms with Crippen LogP contribution in [0.15, 0.2) is 47.4 Å². The molecule has 3 aromatic rings. The molecule has 1 aliphatic heterocycles. The van der Waals surface area contributed by atoms with Crippen LogP contribution in [0.4, 0.5) is 9.52 Å². The highest BCUT2D eigenvalue weighted by Gasteiger charge is 2.20. The van der Waals surface area contributed by atoms with E-state index in [1.165, 1.54) is 12.1 Å². The molecule has 33 heavy (non-hydrogen) atoms. The Bertz CT molecular complexity index is 1230. The van der Waals surface area contributed by atoms with Gasteiger partial charge in [-0.2, -0.15) is 0 Å².